The normalized spacial score (nSPS) is 14.6. The number of rotatable bonds is 2. The molecule has 2 aromatic rings. The first-order chi connectivity index (χ1) is 12.9. The minimum atomic E-state index is -0.546. The SMILES string of the molecule is Cc1cc(Cl)ccc1NC(=O)N1CCCN(C(=O)c2cncc(F)c2)CC1. The van der Waals surface area contributed by atoms with Crippen LogP contribution in [-0.2, 0) is 0 Å². The van der Waals surface area contributed by atoms with E-state index >= 15 is 0 Å². The number of nitrogens with one attached hydrogen (secondary N) is 1. The summed E-state index contributed by atoms with van der Waals surface area (Å²) in [6.07, 6.45) is 3.05. The molecule has 0 bridgehead atoms. The van der Waals surface area contributed by atoms with Crippen molar-refractivity contribution in [3.05, 3.63) is 58.6 Å². The van der Waals surface area contributed by atoms with Gasteiger partial charge >= 0.3 is 6.03 Å². The van der Waals surface area contributed by atoms with E-state index in [0.29, 0.717) is 43.3 Å². The zero-order valence-corrected chi connectivity index (χ0v) is 15.7. The maximum Gasteiger partial charge on any atom is 0.321 e. The smallest absolute Gasteiger partial charge is 0.321 e. The molecule has 0 unspecified atom stereocenters. The highest BCUT2D eigenvalue weighted by Gasteiger charge is 2.23. The van der Waals surface area contributed by atoms with Gasteiger partial charge in [0.25, 0.3) is 5.91 Å². The van der Waals surface area contributed by atoms with Gasteiger partial charge in [-0.25, -0.2) is 9.18 Å². The third-order valence-corrected chi connectivity index (χ3v) is 4.69. The number of aryl methyl sites for hydroxylation is 1. The summed E-state index contributed by atoms with van der Waals surface area (Å²) in [6, 6.07) is 6.23. The fourth-order valence-corrected chi connectivity index (χ4v) is 3.22. The minimum absolute atomic E-state index is 0.213. The number of halogens is 2. The summed E-state index contributed by atoms with van der Waals surface area (Å²) in [7, 11) is 0. The second-order valence-corrected chi connectivity index (χ2v) is 6.85. The lowest BCUT2D eigenvalue weighted by Gasteiger charge is -2.23. The van der Waals surface area contributed by atoms with Crippen LogP contribution in [0.25, 0.3) is 0 Å². The molecule has 27 heavy (non-hydrogen) atoms. The van der Waals surface area contributed by atoms with Gasteiger partial charge in [-0.3, -0.25) is 9.78 Å². The van der Waals surface area contributed by atoms with Gasteiger partial charge in [0, 0.05) is 43.1 Å². The minimum Gasteiger partial charge on any atom is -0.337 e. The number of aromatic nitrogens is 1. The molecule has 1 aliphatic heterocycles. The standard InChI is InChI=1S/C19H20ClFN4O2/c1-13-9-15(20)3-4-17(13)23-19(27)25-6-2-5-24(7-8-25)18(26)14-10-16(21)12-22-11-14/h3-4,9-12H,2,5-8H2,1H3,(H,23,27). The van der Waals surface area contributed by atoms with E-state index < -0.39 is 5.82 Å². The third kappa shape index (κ3) is 4.74. The molecule has 2 heterocycles. The van der Waals surface area contributed by atoms with E-state index in [1.807, 2.05) is 6.92 Å². The third-order valence-electron chi connectivity index (χ3n) is 4.45. The summed E-state index contributed by atoms with van der Waals surface area (Å²) < 4.78 is 13.3. The molecule has 0 spiro atoms. The Balaban J connectivity index is 1.62. The fraction of sp³-hybridized carbons (Fsp3) is 0.316. The van der Waals surface area contributed by atoms with Gasteiger partial charge in [-0.15, -0.1) is 0 Å². The Bertz CT molecular complexity index is 861. The van der Waals surface area contributed by atoms with Crippen LogP contribution in [0.4, 0.5) is 14.9 Å². The molecule has 3 amide bonds. The van der Waals surface area contributed by atoms with Crippen LogP contribution in [0, 0.1) is 12.7 Å². The Morgan fingerprint density at radius 1 is 1.11 bits per heavy atom. The van der Waals surface area contributed by atoms with Crippen molar-refractivity contribution in [3.63, 3.8) is 0 Å². The lowest BCUT2D eigenvalue weighted by molar-refractivity contribution is 0.0761. The van der Waals surface area contributed by atoms with E-state index in [-0.39, 0.29) is 17.5 Å². The van der Waals surface area contributed by atoms with Crippen molar-refractivity contribution in [2.45, 2.75) is 13.3 Å². The van der Waals surface area contributed by atoms with Crippen molar-refractivity contribution in [1.82, 2.24) is 14.8 Å². The molecule has 1 saturated heterocycles. The number of urea groups is 1. The molecular formula is C19H20ClFN4O2. The molecule has 1 aromatic carbocycles. The van der Waals surface area contributed by atoms with Crippen LogP contribution in [0.1, 0.15) is 22.3 Å². The summed E-state index contributed by atoms with van der Waals surface area (Å²) in [5.74, 6) is -0.826. The van der Waals surface area contributed by atoms with Gasteiger partial charge in [-0.1, -0.05) is 11.6 Å². The van der Waals surface area contributed by atoms with Gasteiger partial charge in [0.2, 0.25) is 0 Å². The van der Waals surface area contributed by atoms with E-state index in [0.717, 1.165) is 11.8 Å². The Kier molecular flexibility index (Phi) is 5.91. The van der Waals surface area contributed by atoms with Gasteiger partial charge in [-0.2, -0.15) is 0 Å². The molecular weight excluding hydrogens is 371 g/mol. The number of carbonyl (C=O) groups excluding carboxylic acids is 2. The highest BCUT2D eigenvalue weighted by molar-refractivity contribution is 6.30. The lowest BCUT2D eigenvalue weighted by Crippen LogP contribution is -2.39. The zero-order chi connectivity index (χ0) is 19.4. The molecule has 1 aliphatic rings. The Hall–Kier alpha value is -2.67. The predicted molar refractivity (Wildman–Crippen MR) is 101 cm³/mol. The van der Waals surface area contributed by atoms with Gasteiger partial charge in [0.05, 0.1) is 11.8 Å². The molecule has 1 aromatic heterocycles. The number of anilines is 1. The number of hydrogen-bond donors (Lipinski definition) is 1. The summed E-state index contributed by atoms with van der Waals surface area (Å²) in [6.45, 7) is 3.68. The van der Waals surface area contributed by atoms with Crippen LogP contribution in [0.3, 0.4) is 0 Å². The van der Waals surface area contributed by atoms with Crippen molar-refractivity contribution in [3.8, 4) is 0 Å². The molecule has 0 aliphatic carbocycles. The van der Waals surface area contributed by atoms with Crippen LogP contribution in [0.15, 0.2) is 36.7 Å². The monoisotopic (exact) mass is 390 g/mol. The summed E-state index contributed by atoms with van der Waals surface area (Å²) in [5, 5.41) is 3.50. The molecule has 142 valence electrons. The molecule has 6 nitrogen and oxygen atoms in total. The quantitative estimate of drug-likeness (QED) is 0.852. The first kappa shape index (κ1) is 19.1. The first-order valence-electron chi connectivity index (χ1n) is 8.66. The number of amides is 3. The largest absolute Gasteiger partial charge is 0.337 e. The molecule has 0 radical (unpaired) electrons. The van der Waals surface area contributed by atoms with E-state index in [2.05, 4.69) is 10.3 Å². The summed E-state index contributed by atoms with van der Waals surface area (Å²) >= 11 is 5.94. The molecule has 1 fully saturated rings. The van der Waals surface area contributed by atoms with Gasteiger partial charge < -0.3 is 15.1 Å². The second kappa shape index (κ2) is 8.35. The molecule has 3 rings (SSSR count). The first-order valence-corrected chi connectivity index (χ1v) is 9.04. The van der Waals surface area contributed by atoms with Crippen LogP contribution >= 0.6 is 11.6 Å². The highest BCUT2D eigenvalue weighted by atomic mass is 35.5. The molecule has 1 N–H and O–H groups in total. The molecule has 0 atom stereocenters. The summed E-state index contributed by atoms with van der Waals surface area (Å²) in [5.41, 5.74) is 1.79. The van der Waals surface area contributed by atoms with Crippen molar-refractivity contribution in [1.29, 1.82) is 0 Å². The van der Waals surface area contributed by atoms with Crippen LogP contribution in [-0.4, -0.2) is 52.9 Å². The Morgan fingerprint density at radius 2 is 1.85 bits per heavy atom. The van der Waals surface area contributed by atoms with Crippen molar-refractivity contribution >= 4 is 29.2 Å². The Morgan fingerprint density at radius 3 is 2.59 bits per heavy atom. The van der Waals surface area contributed by atoms with Crippen molar-refractivity contribution < 1.29 is 14.0 Å². The van der Waals surface area contributed by atoms with Gasteiger partial charge in [-0.05, 0) is 43.2 Å². The number of hydrogen-bond acceptors (Lipinski definition) is 3. The second-order valence-electron chi connectivity index (χ2n) is 6.41. The predicted octanol–water partition coefficient (Wildman–Crippen LogP) is 3.56. The molecule has 0 saturated carbocycles. The molecule has 8 heteroatoms. The lowest BCUT2D eigenvalue weighted by atomic mass is 10.2. The number of pyridine rings is 1. The van der Waals surface area contributed by atoms with Crippen LogP contribution in [0.5, 0.6) is 0 Å². The average molecular weight is 391 g/mol. The fourth-order valence-electron chi connectivity index (χ4n) is 3.00. The topological polar surface area (TPSA) is 65.5 Å². The van der Waals surface area contributed by atoms with Gasteiger partial charge in [0.1, 0.15) is 5.82 Å². The maximum absolute atomic E-state index is 13.3. The number of benzene rings is 1. The van der Waals surface area contributed by atoms with Crippen molar-refractivity contribution in [2.75, 3.05) is 31.5 Å². The summed E-state index contributed by atoms with van der Waals surface area (Å²) in [4.78, 5) is 32.1. The highest BCUT2D eigenvalue weighted by Crippen LogP contribution is 2.20. The van der Waals surface area contributed by atoms with E-state index in [1.165, 1.54) is 12.3 Å². The van der Waals surface area contributed by atoms with Crippen molar-refractivity contribution in [2.24, 2.45) is 0 Å². The van der Waals surface area contributed by atoms with Crippen LogP contribution in [0.2, 0.25) is 5.02 Å². The zero-order valence-electron chi connectivity index (χ0n) is 14.9. The van der Waals surface area contributed by atoms with Crippen LogP contribution < -0.4 is 5.32 Å². The Labute approximate surface area is 161 Å². The van der Waals surface area contributed by atoms with E-state index in [4.69, 9.17) is 11.6 Å². The van der Waals surface area contributed by atoms with E-state index in [1.54, 1.807) is 28.0 Å². The van der Waals surface area contributed by atoms with Gasteiger partial charge in [0.15, 0.2) is 0 Å². The number of carbonyl (C=O) groups is 2. The maximum atomic E-state index is 13.3. The number of nitrogens with zero attached hydrogens (tertiary/aromatic N) is 3. The van der Waals surface area contributed by atoms with E-state index in [9.17, 15) is 14.0 Å². The average Bonchev–Trinajstić information content (AvgIpc) is 2.89.